The molecule has 2 atom stereocenters. The molecule has 2 unspecified atom stereocenters. The zero-order valence-corrected chi connectivity index (χ0v) is 12.8. The molecule has 0 spiro atoms. The number of likely N-dealkylation sites (N-methyl/N-ethyl adjacent to an activating group) is 1. The summed E-state index contributed by atoms with van der Waals surface area (Å²) in [7, 11) is 2.01. The fraction of sp³-hybridized carbons (Fsp3) is 0.786. The van der Waals surface area contributed by atoms with Crippen LogP contribution in [0.25, 0.3) is 0 Å². The first-order valence-corrected chi connectivity index (χ1v) is 7.87. The fourth-order valence-electron chi connectivity index (χ4n) is 2.66. The van der Waals surface area contributed by atoms with Crippen molar-refractivity contribution in [1.82, 2.24) is 15.2 Å². The van der Waals surface area contributed by atoms with Gasteiger partial charge in [0.15, 0.2) is 0 Å². The highest BCUT2D eigenvalue weighted by Gasteiger charge is 2.29. The Morgan fingerprint density at radius 2 is 2.28 bits per heavy atom. The third-order valence-corrected chi connectivity index (χ3v) is 4.81. The van der Waals surface area contributed by atoms with E-state index in [1.165, 1.54) is 30.1 Å². The number of likely N-dealkylation sites (tertiary alicyclic amines) is 1. The standard InChI is InChI=1S/C14H25N3S/c1-10(2)17-7-5-6-13(17)14-16-12(9-18-14)8-11(3)15-4/h9-11,13,15H,5-8H2,1-4H3. The van der Waals surface area contributed by atoms with Crippen molar-refractivity contribution in [2.24, 2.45) is 0 Å². The number of nitrogens with zero attached hydrogens (tertiary/aromatic N) is 2. The molecule has 4 heteroatoms. The Morgan fingerprint density at radius 1 is 1.50 bits per heavy atom. The van der Waals surface area contributed by atoms with Gasteiger partial charge in [0, 0.05) is 23.9 Å². The van der Waals surface area contributed by atoms with Gasteiger partial charge in [-0.2, -0.15) is 0 Å². The number of rotatable bonds is 5. The van der Waals surface area contributed by atoms with Crippen LogP contribution in [0.1, 0.15) is 50.4 Å². The van der Waals surface area contributed by atoms with Crippen molar-refractivity contribution in [3.05, 3.63) is 16.1 Å². The summed E-state index contributed by atoms with van der Waals surface area (Å²) in [5.74, 6) is 0. The number of hydrogen-bond donors (Lipinski definition) is 1. The summed E-state index contributed by atoms with van der Waals surface area (Å²) in [6.45, 7) is 8.00. The van der Waals surface area contributed by atoms with Crippen LogP contribution in [0.5, 0.6) is 0 Å². The quantitative estimate of drug-likeness (QED) is 0.889. The van der Waals surface area contributed by atoms with E-state index in [4.69, 9.17) is 4.98 Å². The molecule has 0 saturated carbocycles. The smallest absolute Gasteiger partial charge is 0.110 e. The van der Waals surface area contributed by atoms with E-state index in [9.17, 15) is 0 Å². The molecule has 1 aliphatic rings. The molecule has 102 valence electrons. The van der Waals surface area contributed by atoms with Gasteiger partial charge in [0.2, 0.25) is 0 Å². The van der Waals surface area contributed by atoms with Gasteiger partial charge >= 0.3 is 0 Å². The van der Waals surface area contributed by atoms with Crippen LogP contribution in [0.15, 0.2) is 5.38 Å². The first-order valence-electron chi connectivity index (χ1n) is 6.99. The maximum Gasteiger partial charge on any atom is 0.110 e. The van der Waals surface area contributed by atoms with Gasteiger partial charge in [0.1, 0.15) is 5.01 Å². The average molecular weight is 267 g/mol. The van der Waals surface area contributed by atoms with Crippen LogP contribution >= 0.6 is 11.3 Å². The highest BCUT2D eigenvalue weighted by Crippen LogP contribution is 2.35. The summed E-state index contributed by atoms with van der Waals surface area (Å²) < 4.78 is 0. The Labute approximate surface area is 115 Å². The van der Waals surface area contributed by atoms with E-state index in [2.05, 4.69) is 36.4 Å². The van der Waals surface area contributed by atoms with Crippen LogP contribution in [0.2, 0.25) is 0 Å². The van der Waals surface area contributed by atoms with Crippen molar-refractivity contribution >= 4 is 11.3 Å². The van der Waals surface area contributed by atoms with Crippen LogP contribution in [0, 0.1) is 0 Å². The van der Waals surface area contributed by atoms with E-state index < -0.39 is 0 Å². The summed E-state index contributed by atoms with van der Waals surface area (Å²) in [5.41, 5.74) is 1.24. The lowest BCUT2D eigenvalue weighted by Gasteiger charge is -2.26. The Kier molecular flexibility index (Phi) is 4.76. The summed E-state index contributed by atoms with van der Waals surface area (Å²) in [5, 5.41) is 6.83. The van der Waals surface area contributed by atoms with Gasteiger partial charge in [-0.3, -0.25) is 4.90 Å². The number of aromatic nitrogens is 1. The van der Waals surface area contributed by atoms with Crippen LogP contribution in [0.3, 0.4) is 0 Å². The molecule has 0 bridgehead atoms. The normalized spacial score (nSPS) is 22.8. The molecule has 1 saturated heterocycles. The lowest BCUT2D eigenvalue weighted by atomic mass is 10.2. The Morgan fingerprint density at radius 3 is 2.94 bits per heavy atom. The topological polar surface area (TPSA) is 28.2 Å². The molecular weight excluding hydrogens is 242 g/mol. The highest BCUT2D eigenvalue weighted by molar-refractivity contribution is 7.09. The molecule has 0 aromatic carbocycles. The molecule has 1 N–H and O–H groups in total. The second-order valence-corrected chi connectivity index (χ2v) is 6.45. The Balaban J connectivity index is 2.05. The van der Waals surface area contributed by atoms with Crippen molar-refractivity contribution < 1.29 is 0 Å². The molecule has 1 aliphatic heterocycles. The van der Waals surface area contributed by atoms with Crippen LogP contribution in [0.4, 0.5) is 0 Å². The maximum absolute atomic E-state index is 4.85. The van der Waals surface area contributed by atoms with Crippen molar-refractivity contribution in [1.29, 1.82) is 0 Å². The van der Waals surface area contributed by atoms with Gasteiger partial charge in [-0.1, -0.05) is 0 Å². The minimum absolute atomic E-state index is 0.504. The first-order chi connectivity index (χ1) is 8.61. The molecule has 1 aromatic heterocycles. The van der Waals surface area contributed by atoms with Crippen LogP contribution < -0.4 is 5.32 Å². The van der Waals surface area contributed by atoms with Crippen molar-refractivity contribution in [3.63, 3.8) is 0 Å². The van der Waals surface area contributed by atoms with E-state index in [-0.39, 0.29) is 0 Å². The predicted octanol–water partition coefficient (Wildman–Crippen LogP) is 2.84. The van der Waals surface area contributed by atoms with Gasteiger partial charge in [-0.05, 0) is 47.2 Å². The summed E-state index contributed by atoms with van der Waals surface area (Å²) >= 11 is 1.84. The molecule has 3 nitrogen and oxygen atoms in total. The number of hydrogen-bond acceptors (Lipinski definition) is 4. The lowest BCUT2D eigenvalue weighted by molar-refractivity contribution is 0.205. The maximum atomic E-state index is 4.85. The van der Waals surface area contributed by atoms with Crippen LogP contribution in [-0.4, -0.2) is 35.6 Å². The lowest BCUT2D eigenvalue weighted by Crippen LogP contribution is -2.30. The van der Waals surface area contributed by atoms with Crippen LogP contribution in [-0.2, 0) is 6.42 Å². The molecule has 2 heterocycles. The van der Waals surface area contributed by atoms with Gasteiger partial charge < -0.3 is 5.32 Å². The third kappa shape index (κ3) is 3.11. The zero-order valence-electron chi connectivity index (χ0n) is 11.9. The molecule has 1 fully saturated rings. The highest BCUT2D eigenvalue weighted by atomic mass is 32.1. The summed E-state index contributed by atoms with van der Waals surface area (Å²) in [4.78, 5) is 7.44. The van der Waals surface area contributed by atoms with E-state index in [0.29, 0.717) is 18.1 Å². The molecule has 2 rings (SSSR count). The zero-order chi connectivity index (χ0) is 13.1. The first kappa shape index (κ1) is 14.0. The molecule has 1 aromatic rings. The van der Waals surface area contributed by atoms with Crippen molar-refractivity contribution in [2.75, 3.05) is 13.6 Å². The third-order valence-electron chi connectivity index (χ3n) is 3.82. The second-order valence-electron chi connectivity index (χ2n) is 5.56. The van der Waals surface area contributed by atoms with E-state index in [1.807, 2.05) is 18.4 Å². The Hall–Kier alpha value is -0.450. The van der Waals surface area contributed by atoms with Gasteiger partial charge in [0.05, 0.1) is 11.7 Å². The van der Waals surface area contributed by atoms with Crippen molar-refractivity contribution in [2.45, 2.75) is 58.2 Å². The summed E-state index contributed by atoms with van der Waals surface area (Å²) in [6.07, 6.45) is 3.61. The minimum Gasteiger partial charge on any atom is -0.317 e. The molecule has 0 radical (unpaired) electrons. The molecule has 0 aliphatic carbocycles. The van der Waals surface area contributed by atoms with E-state index in [1.54, 1.807) is 0 Å². The molecule has 18 heavy (non-hydrogen) atoms. The number of nitrogens with one attached hydrogen (secondary N) is 1. The second kappa shape index (κ2) is 6.13. The van der Waals surface area contributed by atoms with Gasteiger partial charge in [-0.25, -0.2) is 4.98 Å². The van der Waals surface area contributed by atoms with E-state index in [0.717, 1.165) is 6.42 Å². The molecule has 0 amide bonds. The Bertz CT molecular complexity index is 375. The number of thiazole rings is 1. The fourth-order valence-corrected chi connectivity index (χ4v) is 3.64. The minimum atomic E-state index is 0.504. The van der Waals surface area contributed by atoms with Gasteiger partial charge in [0.25, 0.3) is 0 Å². The summed E-state index contributed by atoms with van der Waals surface area (Å²) in [6, 6.07) is 1.69. The predicted molar refractivity (Wildman–Crippen MR) is 78.2 cm³/mol. The average Bonchev–Trinajstić information content (AvgIpc) is 2.95. The van der Waals surface area contributed by atoms with Gasteiger partial charge in [-0.15, -0.1) is 11.3 Å². The van der Waals surface area contributed by atoms with E-state index >= 15 is 0 Å². The van der Waals surface area contributed by atoms with Crippen molar-refractivity contribution in [3.8, 4) is 0 Å². The molecular formula is C14H25N3S. The monoisotopic (exact) mass is 267 g/mol. The SMILES string of the molecule is CNC(C)Cc1csc(C2CCCN2C(C)C)n1. The largest absolute Gasteiger partial charge is 0.317 e.